The number of hydrogen-bond acceptors (Lipinski definition) is 5. The highest BCUT2D eigenvalue weighted by molar-refractivity contribution is 6.02. The minimum absolute atomic E-state index is 0.188. The molecule has 2 N–H and O–H groups in total. The molecule has 0 bridgehead atoms. The van der Waals surface area contributed by atoms with Gasteiger partial charge in [0, 0.05) is 11.2 Å². The van der Waals surface area contributed by atoms with Crippen molar-refractivity contribution in [3.63, 3.8) is 0 Å². The predicted molar refractivity (Wildman–Crippen MR) is 91.3 cm³/mol. The summed E-state index contributed by atoms with van der Waals surface area (Å²) < 4.78 is 9.96. The van der Waals surface area contributed by atoms with Gasteiger partial charge in [-0.1, -0.05) is 0 Å². The maximum atomic E-state index is 11.9. The van der Waals surface area contributed by atoms with E-state index in [1.807, 2.05) is 20.8 Å². The summed E-state index contributed by atoms with van der Waals surface area (Å²) in [5, 5.41) is 5.33. The van der Waals surface area contributed by atoms with Gasteiger partial charge in [-0.2, -0.15) is 0 Å². The SMILES string of the molecule is CC(C)(C)NC(=O)COC(=O)c1ccc(NC(=O)c2ccco2)cc1. The highest BCUT2D eigenvalue weighted by atomic mass is 16.5. The summed E-state index contributed by atoms with van der Waals surface area (Å²) in [5.74, 6) is -1.19. The molecule has 0 atom stereocenters. The number of esters is 1. The lowest BCUT2D eigenvalue weighted by Crippen LogP contribution is -2.42. The van der Waals surface area contributed by atoms with Gasteiger partial charge in [0.15, 0.2) is 12.4 Å². The maximum absolute atomic E-state index is 11.9. The molecular formula is C18H20N2O5. The van der Waals surface area contributed by atoms with Crippen LogP contribution in [0, 0.1) is 0 Å². The first-order valence-corrected chi connectivity index (χ1v) is 7.68. The highest BCUT2D eigenvalue weighted by Gasteiger charge is 2.16. The summed E-state index contributed by atoms with van der Waals surface area (Å²) in [6.07, 6.45) is 1.41. The van der Waals surface area contributed by atoms with Crippen molar-refractivity contribution in [2.24, 2.45) is 0 Å². The Kier molecular flexibility index (Phi) is 5.59. The van der Waals surface area contributed by atoms with Crippen molar-refractivity contribution in [3.05, 3.63) is 54.0 Å². The number of anilines is 1. The second-order valence-corrected chi connectivity index (χ2v) is 6.38. The van der Waals surface area contributed by atoms with Crippen LogP contribution < -0.4 is 10.6 Å². The zero-order chi connectivity index (χ0) is 18.4. The van der Waals surface area contributed by atoms with Crippen molar-refractivity contribution in [1.82, 2.24) is 5.32 Å². The summed E-state index contributed by atoms with van der Waals surface area (Å²) >= 11 is 0. The lowest BCUT2D eigenvalue weighted by molar-refractivity contribution is -0.125. The Morgan fingerprint density at radius 3 is 2.32 bits per heavy atom. The van der Waals surface area contributed by atoms with E-state index in [0.29, 0.717) is 5.69 Å². The Morgan fingerprint density at radius 2 is 1.76 bits per heavy atom. The zero-order valence-corrected chi connectivity index (χ0v) is 14.3. The Bertz CT molecular complexity index is 743. The van der Waals surface area contributed by atoms with Crippen LogP contribution in [0.3, 0.4) is 0 Å². The summed E-state index contributed by atoms with van der Waals surface area (Å²) in [6, 6.07) is 9.29. The summed E-state index contributed by atoms with van der Waals surface area (Å²) in [4.78, 5) is 35.4. The fraction of sp³-hybridized carbons (Fsp3) is 0.278. The molecule has 7 heteroatoms. The van der Waals surface area contributed by atoms with E-state index >= 15 is 0 Å². The molecule has 25 heavy (non-hydrogen) atoms. The largest absolute Gasteiger partial charge is 0.459 e. The highest BCUT2D eigenvalue weighted by Crippen LogP contribution is 2.12. The third-order valence-corrected chi connectivity index (χ3v) is 2.97. The van der Waals surface area contributed by atoms with Gasteiger partial charge in [0.2, 0.25) is 0 Å². The van der Waals surface area contributed by atoms with E-state index in [-0.39, 0.29) is 29.7 Å². The number of furan rings is 1. The van der Waals surface area contributed by atoms with Crippen LogP contribution in [0.2, 0.25) is 0 Å². The number of carbonyl (C=O) groups is 3. The molecule has 0 unspecified atom stereocenters. The van der Waals surface area contributed by atoms with Gasteiger partial charge in [0.05, 0.1) is 11.8 Å². The average Bonchev–Trinajstić information content (AvgIpc) is 3.06. The van der Waals surface area contributed by atoms with Gasteiger partial charge in [-0.05, 0) is 57.2 Å². The molecule has 7 nitrogen and oxygen atoms in total. The van der Waals surface area contributed by atoms with Gasteiger partial charge in [-0.15, -0.1) is 0 Å². The second-order valence-electron chi connectivity index (χ2n) is 6.38. The molecule has 1 aromatic heterocycles. The summed E-state index contributed by atoms with van der Waals surface area (Å²) in [7, 11) is 0. The molecule has 1 heterocycles. The van der Waals surface area contributed by atoms with E-state index in [2.05, 4.69) is 10.6 Å². The van der Waals surface area contributed by atoms with E-state index in [1.54, 1.807) is 24.3 Å². The monoisotopic (exact) mass is 344 g/mol. The van der Waals surface area contributed by atoms with E-state index in [4.69, 9.17) is 9.15 Å². The zero-order valence-electron chi connectivity index (χ0n) is 14.3. The third kappa shape index (κ3) is 5.80. The van der Waals surface area contributed by atoms with Crippen molar-refractivity contribution in [3.8, 4) is 0 Å². The first-order chi connectivity index (χ1) is 11.7. The van der Waals surface area contributed by atoms with Gasteiger partial charge >= 0.3 is 5.97 Å². The lowest BCUT2D eigenvalue weighted by atomic mass is 10.1. The normalized spacial score (nSPS) is 10.8. The van der Waals surface area contributed by atoms with Crippen molar-refractivity contribution in [2.45, 2.75) is 26.3 Å². The fourth-order valence-electron chi connectivity index (χ4n) is 1.96. The predicted octanol–water partition coefficient (Wildman–Crippen LogP) is 2.60. The van der Waals surface area contributed by atoms with Crippen LogP contribution in [0.25, 0.3) is 0 Å². The topological polar surface area (TPSA) is 97.6 Å². The van der Waals surface area contributed by atoms with Gasteiger partial charge in [-0.3, -0.25) is 9.59 Å². The number of benzene rings is 1. The molecule has 2 amide bonds. The van der Waals surface area contributed by atoms with E-state index in [0.717, 1.165) is 0 Å². The van der Waals surface area contributed by atoms with Gasteiger partial charge in [0.25, 0.3) is 11.8 Å². The Labute approximate surface area is 145 Å². The van der Waals surface area contributed by atoms with Gasteiger partial charge < -0.3 is 19.8 Å². The molecule has 2 rings (SSSR count). The minimum Gasteiger partial charge on any atom is -0.459 e. The van der Waals surface area contributed by atoms with Crippen LogP contribution in [0.4, 0.5) is 5.69 Å². The van der Waals surface area contributed by atoms with E-state index < -0.39 is 11.5 Å². The molecule has 0 aliphatic rings. The number of carbonyl (C=O) groups excluding carboxylic acids is 3. The second kappa shape index (κ2) is 7.65. The number of ether oxygens (including phenoxy) is 1. The third-order valence-electron chi connectivity index (χ3n) is 2.97. The average molecular weight is 344 g/mol. The van der Waals surface area contributed by atoms with Crippen molar-refractivity contribution < 1.29 is 23.5 Å². The molecular weight excluding hydrogens is 324 g/mol. The first-order valence-electron chi connectivity index (χ1n) is 7.68. The summed E-state index contributed by atoms with van der Waals surface area (Å²) in [6.45, 7) is 5.15. The molecule has 2 aromatic rings. The molecule has 0 saturated heterocycles. The minimum atomic E-state index is -0.618. The van der Waals surface area contributed by atoms with Crippen LogP contribution in [-0.2, 0) is 9.53 Å². The van der Waals surface area contributed by atoms with Crippen LogP contribution in [0.5, 0.6) is 0 Å². The first kappa shape index (κ1) is 18.3. The smallest absolute Gasteiger partial charge is 0.338 e. The van der Waals surface area contributed by atoms with Crippen LogP contribution in [-0.4, -0.2) is 29.9 Å². The molecule has 0 radical (unpaired) electrons. The molecule has 0 aliphatic heterocycles. The van der Waals surface area contributed by atoms with Crippen molar-refractivity contribution >= 4 is 23.5 Å². The Hall–Kier alpha value is -3.09. The molecule has 132 valence electrons. The molecule has 0 fully saturated rings. The van der Waals surface area contributed by atoms with Crippen molar-refractivity contribution in [1.29, 1.82) is 0 Å². The molecule has 1 aromatic carbocycles. The standard InChI is InChI=1S/C18H20N2O5/c1-18(2,3)20-15(21)11-25-17(23)12-6-8-13(9-7-12)19-16(22)14-5-4-10-24-14/h4-10H,11H2,1-3H3,(H,19,22)(H,20,21). The number of amides is 2. The van der Waals surface area contributed by atoms with Crippen LogP contribution in [0.1, 0.15) is 41.7 Å². The van der Waals surface area contributed by atoms with Crippen molar-refractivity contribution in [2.75, 3.05) is 11.9 Å². The quantitative estimate of drug-likeness (QED) is 0.813. The Morgan fingerprint density at radius 1 is 1.08 bits per heavy atom. The van der Waals surface area contributed by atoms with Crippen LogP contribution in [0.15, 0.2) is 47.1 Å². The lowest BCUT2D eigenvalue weighted by Gasteiger charge is -2.20. The van der Waals surface area contributed by atoms with Crippen LogP contribution >= 0.6 is 0 Å². The van der Waals surface area contributed by atoms with E-state index in [9.17, 15) is 14.4 Å². The number of hydrogen-bond donors (Lipinski definition) is 2. The number of rotatable bonds is 5. The van der Waals surface area contributed by atoms with E-state index in [1.165, 1.54) is 18.4 Å². The number of nitrogens with one attached hydrogen (secondary N) is 2. The maximum Gasteiger partial charge on any atom is 0.338 e. The fourth-order valence-corrected chi connectivity index (χ4v) is 1.96. The molecule has 0 saturated carbocycles. The summed E-state index contributed by atoms with van der Waals surface area (Å²) in [5.41, 5.74) is 0.389. The van der Waals surface area contributed by atoms with Gasteiger partial charge in [-0.25, -0.2) is 4.79 Å². The molecule has 0 spiro atoms. The van der Waals surface area contributed by atoms with Gasteiger partial charge in [0.1, 0.15) is 0 Å². The Balaban J connectivity index is 1.87. The molecule has 0 aliphatic carbocycles.